The van der Waals surface area contributed by atoms with E-state index >= 15 is 0 Å². The predicted octanol–water partition coefficient (Wildman–Crippen LogP) is 1.96. The van der Waals surface area contributed by atoms with Crippen molar-refractivity contribution in [2.45, 2.75) is 12.5 Å². The minimum atomic E-state index is 0.0417. The van der Waals surface area contributed by atoms with Crippen LogP contribution >= 0.6 is 23.2 Å². The van der Waals surface area contributed by atoms with Crippen LogP contribution in [0.3, 0.4) is 0 Å². The van der Waals surface area contributed by atoms with Crippen molar-refractivity contribution in [3.63, 3.8) is 0 Å². The zero-order valence-corrected chi connectivity index (χ0v) is 6.28. The summed E-state index contributed by atoms with van der Waals surface area (Å²) in [4.78, 5) is 0. The standard InChI is InChI=1S/C6H7Cl2N/c7-5-2-1-4(9)3-6(5)8/h2-4H,1,9H2. The fraction of sp³-hybridized carbons (Fsp3) is 0.333. The third-order valence-corrected chi connectivity index (χ3v) is 1.94. The Hall–Kier alpha value is 0.0200. The lowest BCUT2D eigenvalue weighted by molar-refractivity contribution is 0.821. The quantitative estimate of drug-likeness (QED) is 0.581. The van der Waals surface area contributed by atoms with Crippen LogP contribution in [0.5, 0.6) is 0 Å². The van der Waals surface area contributed by atoms with E-state index in [1.54, 1.807) is 6.08 Å². The molecule has 1 aliphatic rings. The van der Waals surface area contributed by atoms with Crippen LogP contribution in [0, 0.1) is 0 Å². The van der Waals surface area contributed by atoms with Gasteiger partial charge < -0.3 is 5.73 Å². The van der Waals surface area contributed by atoms with E-state index in [4.69, 9.17) is 28.9 Å². The molecule has 0 aliphatic heterocycles. The van der Waals surface area contributed by atoms with Crippen molar-refractivity contribution in [1.29, 1.82) is 0 Å². The van der Waals surface area contributed by atoms with Crippen molar-refractivity contribution < 1.29 is 0 Å². The monoisotopic (exact) mass is 163 g/mol. The Kier molecular flexibility index (Phi) is 2.17. The third-order valence-electron chi connectivity index (χ3n) is 1.16. The van der Waals surface area contributed by atoms with Gasteiger partial charge in [0.1, 0.15) is 0 Å². The molecule has 3 heteroatoms. The van der Waals surface area contributed by atoms with E-state index in [2.05, 4.69) is 0 Å². The summed E-state index contributed by atoms with van der Waals surface area (Å²) in [5, 5.41) is 1.17. The topological polar surface area (TPSA) is 26.0 Å². The molecule has 1 rings (SSSR count). The average molecular weight is 164 g/mol. The number of hydrogen-bond acceptors (Lipinski definition) is 1. The summed E-state index contributed by atoms with van der Waals surface area (Å²) < 4.78 is 0. The largest absolute Gasteiger partial charge is 0.324 e. The Bertz CT molecular complexity index is 172. The molecule has 0 saturated carbocycles. The fourth-order valence-corrected chi connectivity index (χ4v) is 1.06. The highest BCUT2D eigenvalue weighted by atomic mass is 35.5. The Morgan fingerprint density at radius 3 is 2.56 bits per heavy atom. The number of rotatable bonds is 0. The summed E-state index contributed by atoms with van der Waals surface area (Å²) in [5.74, 6) is 0. The van der Waals surface area contributed by atoms with Crippen LogP contribution in [-0.4, -0.2) is 6.04 Å². The van der Waals surface area contributed by atoms with Crippen molar-refractivity contribution in [1.82, 2.24) is 0 Å². The van der Waals surface area contributed by atoms with Gasteiger partial charge in [0.2, 0.25) is 0 Å². The lowest BCUT2D eigenvalue weighted by Gasteiger charge is -2.09. The maximum atomic E-state index is 5.64. The summed E-state index contributed by atoms with van der Waals surface area (Å²) in [6.45, 7) is 0. The second-order valence-corrected chi connectivity index (χ2v) is 2.78. The van der Waals surface area contributed by atoms with Gasteiger partial charge in [-0.15, -0.1) is 0 Å². The molecule has 0 aromatic carbocycles. The number of allylic oxidation sites excluding steroid dienone is 2. The van der Waals surface area contributed by atoms with E-state index in [0.717, 1.165) is 6.42 Å². The van der Waals surface area contributed by atoms with E-state index in [9.17, 15) is 0 Å². The molecular weight excluding hydrogens is 157 g/mol. The van der Waals surface area contributed by atoms with Gasteiger partial charge >= 0.3 is 0 Å². The van der Waals surface area contributed by atoms with Crippen LogP contribution in [0.15, 0.2) is 22.2 Å². The van der Waals surface area contributed by atoms with Gasteiger partial charge in [0.15, 0.2) is 0 Å². The Labute approximate surface area is 64.1 Å². The summed E-state index contributed by atoms with van der Waals surface area (Å²) in [6, 6.07) is 0.0417. The third kappa shape index (κ3) is 1.71. The van der Waals surface area contributed by atoms with Crippen LogP contribution in [0.25, 0.3) is 0 Å². The SMILES string of the molecule is NC1C=C(Cl)C(Cl)=CC1. The van der Waals surface area contributed by atoms with Crippen LogP contribution < -0.4 is 5.73 Å². The van der Waals surface area contributed by atoms with Gasteiger partial charge in [-0.1, -0.05) is 29.3 Å². The molecule has 1 aliphatic carbocycles. The Balaban J connectivity index is 2.75. The van der Waals surface area contributed by atoms with Gasteiger partial charge in [0, 0.05) is 6.04 Å². The molecule has 0 bridgehead atoms. The molecule has 0 heterocycles. The first-order valence-electron chi connectivity index (χ1n) is 2.69. The van der Waals surface area contributed by atoms with Gasteiger partial charge in [-0.25, -0.2) is 0 Å². The van der Waals surface area contributed by atoms with Crippen molar-refractivity contribution in [2.24, 2.45) is 5.73 Å². The number of nitrogens with two attached hydrogens (primary N) is 1. The van der Waals surface area contributed by atoms with Crippen LogP contribution in [0.2, 0.25) is 0 Å². The highest BCUT2D eigenvalue weighted by Gasteiger charge is 2.07. The van der Waals surface area contributed by atoms with Gasteiger partial charge in [-0.2, -0.15) is 0 Å². The van der Waals surface area contributed by atoms with Crippen molar-refractivity contribution >= 4 is 23.2 Å². The lowest BCUT2D eigenvalue weighted by Crippen LogP contribution is -2.17. The minimum Gasteiger partial charge on any atom is -0.324 e. The Morgan fingerprint density at radius 1 is 1.44 bits per heavy atom. The highest BCUT2D eigenvalue weighted by Crippen LogP contribution is 2.24. The molecule has 0 saturated heterocycles. The second kappa shape index (κ2) is 2.74. The molecule has 0 aromatic rings. The van der Waals surface area contributed by atoms with E-state index < -0.39 is 0 Å². The number of halogens is 2. The van der Waals surface area contributed by atoms with E-state index in [1.165, 1.54) is 0 Å². The molecule has 1 nitrogen and oxygen atoms in total. The van der Waals surface area contributed by atoms with Crippen LogP contribution in [-0.2, 0) is 0 Å². The molecule has 2 N–H and O–H groups in total. The zero-order valence-electron chi connectivity index (χ0n) is 4.77. The summed E-state index contributed by atoms with van der Waals surface area (Å²) in [5.41, 5.74) is 5.52. The van der Waals surface area contributed by atoms with Gasteiger partial charge in [0.05, 0.1) is 10.1 Å². The number of hydrogen-bond donors (Lipinski definition) is 1. The predicted molar refractivity (Wildman–Crippen MR) is 40.5 cm³/mol. The molecule has 0 radical (unpaired) electrons. The van der Waals surface area contributed by atoms with Gasteiger partial charge in [-0.05, 0) is 12.5 Å². The van der Waals surface area contributed by atoms with E-state index in [-0.39, 0.29) is 6.04 Å². The normalized spacial score (nSPS) is 27.2. The molecule has 50 valence electrons. The molecule has 0 fully saturated rings. The fourth-order valence-electron chi connectivity index (χ4n) is 0.673. The molecule has 9 heavy (non-hydrogen) atoms. The van der Waals surface area contributed by atoms with Crippen LogP contribution in [0.4, 0.5) is 0 Å². The summed E-state index contributed by atoms with van der Waals surface area (Å²) in [7, 11) is 0. The van der Waals surface area contributed by atoms with E-state index in [1.807, 2.05) is 6.08 Å². The van der Waals surface area contributed by atoms with E-state index in [0.29, 0.717) is 10.1 Å². The second-order valence-electron chi connectivity index (χ2n) is 1.97. The Morgan fingerprint density at radius 2 is 2.11 bits per heavy atom. The molecule has 0 amide bonds. The van der Waals surface area contributed by atoms with Gasteiger partial charge in [0.25, 0.3) is 0 Å². The zero-order chi connectivity index (χ0) is 6.85. The molecular formula is C6H7Cl2N. The van der Waals surface area contributed by atoms with Gasteiger partial charge in [-0.3, -0.25) is 0 Å². The van der Waals surface area contributed by atoms with Crippen molar-refractivity contribution in [3.8, 4) is 0 Å². The molecule has 0 spiro atoms. The minimum absolute atomic E-state index is 0.0417. The summed E-state index contributed by atoms with van der Waals surface area (Å²) in [6.07, 6.45) is 4.37. The smallest absolute Gasteiger partial charge is 0.0564 e. The summed E-state index contributed by atoms with van der Waals surface area (Å²) >= 11 is 11.3. The lowest BCUT2D eigenvalue weighted by atomic mass is 10.1. The first-order chi connectivity index (χ1) is 4.20. The van der Waals surface area contributed by atoms with Crippen molar-refractivity contribution in [3.05, 3.63) is 22.2 Å². The first-order valence-corrected chi connectivity index (χ1v) is 3.44. The maximum Gasteiger partial charge on any atom is 0.0564 e. The average Bonchev–Trinajstić information content (AvgIpc) is 1.80. The molecule has 0 aromatic heterocycles. The van der Waals surface area contributed by atoms with Crippen molar-refractivity contribution in [2.75, 3.05) is 0 Å². The first kappa shape index (κ1) is 7.13. The maximum absolute atomic E-state index is 5.64. The highest BCUT2D eigenvalue weighted by molar-refractivity contribution is 6.44. The van der Waals surface area contributed by atoms with Crippen LogP contribution in [0.1, 0.15) is 6.42 Å². The molecule has 1 atom stereocenters. The molecule has 1 unspecified atom stereocenters.